The molecule has 0 aliphatic heterocycles. The first-order valence-electron chi connectivity index (χ1n) is 8.22. The van der Waals surface area contributed by atoms with Gasteiger partial charge < -0.3 is 9.30 Å². The van der Waals surface area contributed by atoms with Gasteiger partial charge in [0, 0.05) is 18.0 Å². The fourth-order valence-electron chi connectivity index (χ4n) is 2.45. The molecule has 0 N–H and O–H groups in total. The van der Waals surface area contributed by atoms with Gasteiger partial charge >= 0.3 is 0 Å². The molecule has 0 unspecified atom stereocenters. The highest BCUT2D eigenvalue weighted by Gasteiger charge is 2.08. The van der Waals surface area contributed by atoms with E-state index in [0.717, 1.165) is 30.0 Å². The maximum absolute atomic E-state index is 5.97. The third-order valence-corrected chi connectivity index (χ3v) is 3.77. The summed E-state index contributed by atoms with van der Waals surface area (Å²) in [6.45, 7) is 7.16. The standard InChI is InChI=1S/C19H26N2O/c1-3-4-5-6-7-10-15-22-19-12-9-8-11-18(19)17(2)21-14-13-20-16-21/h8-9,11-14,16H,2-7,10,15H2,1H3. The van der Waals surface area contributed by atoms with Crippen LogP contribution in [0.2, 0.25) is 0 Å². The van der Waals surface area contributed by atoms with Crippen LogP contribution in [0, 0.1) is 0 Å². The fourth-order valence-corrected chi connectivity index (χ4v) is 2.45. The molecule has 0 aliphatic rings. The normalized spacial score (nSPS) is 10.6. The van der Waals surface area contributed by atoms with Gasteiger partial charge in [0.1, 0.15) is 5.75 Å². The smallest absolute Gasteiger partial charge is 0.128 e. The molecule has 0 fully saturated rings. The van der Waals surface area contributed by atoms with Crippen LogP contribution in [0.1, 0.15) is 51.0 Å². The van der Waals surface area contributed by atoms with Crippen molar-refractivity contribution in [3.05, 3.63) is 55.1 Å². The van der Waals surface area contributed by atoms with Crippen LogP contribution in [-0.4, -0.2) is 16.2 Å². The van der Waals surface area contributed by atoms with Crippen molar-refractivity contribution in [1.82, 2.24) is 9.55 Å². The van der Waals surface area contributed by atoms with Crippen molar-refractivity contribution in [3.8, 4) is 5.75 Å². The van der Waals surface area contributed by atoms with E-state index in [1.165, 1.54) is 32.1 Å². The highest BCUT2D eigenvalue weighted by Crippen LogP contribution is 2.26. The molecule has 0 bridgehead atoms. The van der Waals surface area contributed by atoms with Crippen LogP contribution >= 0.6 is 0 Å². The predicted octanol–water partition coefficient (Wildman–Crippen LogP) is 5.14. The summed E-state index contributed by atoms with van der Waals surface area (Å²) in [5, 5.41) is 0. The van der Waals surface area contributed by atoms with Crippen LogP contribution in [0.5, 0.6) is 5.75 Å². The second kappa shape index (κ2) is 9.08. The Kier molecular flexibility index (Phi) is 6.75. The summed E-state index contributed by atoms with van der Waals surface area (Å²) in [7, 11) is 0. The summed E-state index contributed by atoms with van der Waals surface area (Å²) in [6, 6.07) is 8.06. The number of rotatable bonds is 10. The molecule has 1 aromatic heterocycles. The second-order valence-electron chi connectivity index (χ2n) is 5.53. The van der Waals surface area contributed by atoms with Gasteiger partial charge in [0.05, 0.1) is 18.6 Å². The number of benzene rings is 1. The number of hydrogen-bond donors (Lipinski definition) is 0. The average molecular weight is 298 g/mol. The van der Waals surface area contributed by atoms with E-state index in [1.54, 1.807) is 12.5 Å². The third kappa shape index (κ3) is 4.76. The number of para-hydroxylation sites is 1. The lowest BCUT2D eigenvalue weighted by molar-refractivity contribution is 0.303. The van der Waals surface area contributed by atoms with Crippen molar-refractivity contribution >= 4 is 5.70 Å². The summed E-state index contributed by atoms with van der Waals surface area (Å²) in [6.07, 6.45) is 13.0. The van der Waals surface area contributed by atoms with E-state index in [0.29, 0.717) is 0 Å². The van der Waals surface area contributed by atoms with Gasteiger partial charge in [-0.15, -0.1) is 0 Å². The molecule has 0 spiro atoms. The van der Waals surface area contributed by atoms with E-state index >= 15 is 0 Å². The van der Waals surface area contributed by atoms with Crippen molar-refractivity contribution in [2.24, 2.45) is 0 Å². The Balaban J connectivity index is 1.85. The average Bonchev–Trinajstić information content (AvgIpc) is 3.08. The molecule has 118 valence electrons. The summed E-state index contributed by atoms with van der Waals surface area (Å²) < 4.78 is 7.88. The van der Waals surface area contributed by atoms with Crippen LogP contribution in [0.15, 0.2) is 49.6 Å². The van der Waals surface area contributed by atoms with Crippen LogP contribution < -0.4 is 4.74 Å². The maximum Gasteiger partial charge on any atom is 0.128 e. The van der Waals surface area contributed by atoms with Gasteiger partial charge in [-0.3, -0.25) is 0 Å². The van der Waals surface area contributed by atoms with Gasteiger partial charge in [0.15, 0.2) is 0 Å². The molecule has 2 rings (SSSR count). The second-order valence-corrected chi connectivity index (χ2v) is 5.53. The maximum atomic E-state index is 5.97. The number of nitrogens with zero attached hydrogens (tertiary/aromatic N) is 2. The van der Waals surface area contributed by atoms with Crippen molar-refractivity contribution in [2.45, 2.75) is 45.4 Å². The first-order valence-corrected chi connectivity index (χ1v) is 8.22. The quantitative estimate of drug-likeness (QED) is 0.568. The molecule has 0 saturated carbocycles. The third-order valence-electron chi connectivity index (χ3n) is 3.77. The molecular weight excluding hydrogens is 272 g/mol. The number of imidazole rings is 1. The van der Waals surface area contributed by atoms with E-state index in [9.17, 15) is 0 Å². The van der Waals surface area contributed by atoms with Gasteiger partial charge in [0.25, 0.3) is 0 Å². The molecule has 1 aromatic carbocycles. The lowest BCUT2D eigenvalue weighted by atomic mass is 10.1. The molecule has 3 heteroatoms. The Morgan fingerprint density at radius 2 is 1.91 bits per heavy atom. The lowest BCUT2D eigenvalue weighted by Crippen LogP contribution is -2.02. The van der Waals surface area contributed by atoms with E-state index < -0.39 is 0 Å². The lowest BCUT2D eigenvalue weighted by Gasteiger charge is -2.13. The molecule has 2 aromatic rings. The molecule has 22 heavy (non-hydrogen) atoms. The van der Waals surface area contributed by atoms with Crippen molar-refractivity contribution in [1.29, 1.82) is 0 Å². The SMILES string of the molecule is C=C(c1ccccc1OCCCCCCCC)n1ccnc1. The Labute approximate surface area is 133 Å². The van der Waals surface area contributed by atoms with Gasteiger partial charge in [-0.05, 0) is 18.6 Å². The molecular formula is C19H26N2O. The van der Waals surface area contributed by atoms with Crippen molar-refractivity contribution < 1.29 is 4.74 Å². The van der Waals surface area contributed by atoms with E-state index in [4.69, 9.17) is 4.74 Å². The van der Waals surface area contributed by atoms with Crippen LogP contribution in [-0.2, 0) is 0 Å². The molecule has 0 aliphatic carbocycles. The Morgan fingerprint density at radius 1 is 1.14 bits per heavy atom. The van der Waals surface area contributed by atoms with Crippen LogP contribution in [0.25, 0.3) is 5.70 Å². The van der Waals surface area contributed by atoms with Crippen molar-refractivity contribution in [2.75, 3.05) is 6.61 Å². The molecule has 1 heterocycles. The zero-order chi connectivity index (χ0) is 15.6. The summed E-state index contributed by atoms with van der Waals surface area (Å²) in [5.41, 5.74) is 1.91. The first kappa shape index (κ1) is 16.3. The molecule has 3 nitrogen and oxygen atoms in total. The minimum Gasteiger partial charge on any atom is -0.493 e. The van der Waals surface area contributed by atoms with Crippen LogP contribution in [0.4, 0.5) is 0 Å². The fraction of sp³-hybridized carbons (Fsp3) is 0.421. The number of unbranched alkanes of at least 4 members (excludes halogenated alkanes) is 5. The largest absolute Gasteiger partial charge is 0.493 e. The number of ether oxygens (including phenoxy) is 1. The van der Waals surface area contributed by atoms with Gasteiger partial charge in [-0.2, -0.15) is 0 Å². The highest BCUT2D eigenvalue weighted by molar-refractivity contribution is 5.68. The number of hydrogen-bond acceptors (Lipinski definition) is 2. The van der Waals surface area contributed by atoms with Crippen molar-refractivity contribution in [3.63, 3.8) is 0 Å². The first-order chi connectivity index (χ1) is 10.8. The predicted molar refractivity (Wildman–Crippen MR) is 92.0 cm³/mol. The molecule has 0 amide bonds. The van der Waals surface area contributed by atoms with Gasteiger partial charge in [-0.1, -0.05) is 57.7 Å². The van der Waals surface area contributed by atoms with Crippen LogP contribution in [0.3, 0.4) is 0 Å². The molecule has 0 saturated heterocycles. The van der Waals surface area contributed by atoms with Gasteiger partial charge in [0.2, 0.25) is 0 Å². The Bertz CT molecular complexity index is 561. The summed E-state index contributed by atoms with van der Waals surface area (Å²) >= 11 is 0. The van der Waals surface area contributed by atoms with E-state index in [1.807, 2.05) is 35.0 Å². The Morgan fingerprint density at radius 3 is 2.68 bits per heavy atom. The topological polar surface area (TPSA) is 27.1 Å². The summed E-state index contributed by atoms with van der Waals surface area (Å²) in [5.74, 6) is 0.898. The zero-order valence-electron chi connectivity index (χ0n) is 13.5. The van der Waals surface area contributed by atoms with E-state index in [-0.39, 0.29) is 0 Å². The van der Waals surface area contributed by atoms with Gasteiger partial charge in [-0.25, -0.2) is 4.98 Å². The monoisotopic (exact) mass is 298 g/mol. The minimum atomic E-state index is 0.764. The van der Waals surface area contributed by atoms with E-state index in [2.05, 4.69) is 18.5 Å². The minimum absolute atomic E-state index is 0.764. The number of aromatic nitrogens is 2. The highest BCUT2D eigenvalue weighted by atomic mass is 16.5. The molecule has 0 atom stereocenters. The molecule has 0 radical (unpaired) electrons. The summed E-state index contributed by atoms with van der Waals surface area (Å²) in [4.78, 5) is 4.07. The zero-order valence-corrected chi connectivity index (χ0v) is 13.5. The Hall–Kier alpha value is -2.03.